The molecular formula is C14H17N3O4. The Morgan fingerprint density at radius 2 is 1.95 bits per heavy atom. The summed E-state index contributed by atoms with van der Waals surface area (Å²) in [5, 5.41) is 11.7. The number of amides is 2. The highest BCUT2D eigenvalue weighted by Gasteiger charge is 2.34. The van der Waals surface area contributed by atoms with Crippen LogP contribution in [0.15, 0.2) is 24.3 Å². The molecule has 1 aliphatic rings. The second kappa shape index (κ2) is 6.36. The lowest BCUT2D eigenvalue weighted by Gasteiger charge is -2.34. The van der Waals surface area contributed by atoms with Gasteiger partial charge in [0, 0.05) is 13.0 Å². The van der Waals surface area contributed by atoms with E-state index in [4.69, 9.17) is 5.73 Å². The zero-order valence-electron chi connectivity index (χ0n) is 11.4. The van der Waals surface area contributed by atoms with E-state index in [0.717, 1.165) is 11.1 Å². The van der Waals surface area contributed by atoms with E-state index in [0.29, 0.717) is 0 Å². The molecule has 1 unspecified atom stereocenters. The average molecular weight is 291 g/mol. The maximum Gasteiger partial charge on any atom is 0.326 e. The molecule has 1 heterocycles. The minimum Gasteiger partial charge on any atom is -0.480 e. The van der Waals surface area contributed by atoms with Crippen LogP contribution in [0.5, 0.6) is 0 Å². The molecule has 1 aromatic rings. The average Bonchev–Trinajstić information content (AvgIpc) is 2.50. The van der Waals surface area contributed by atoms with E-state index in [9.17, 15) is 19.5 Å². The van der Waals surface area contributed by atoms with Crippen molar-refractivity contribution in [2.75, 3.05) is 13.1 Å². The van der Waals surface area contributed by atoms with Gasteiger partial charge in [-0.3, -0.25) is 9.59 Å². The fourth-order valence-corrected chi connectivity index (χ4v) is 2.35. The van der Waals surface area contributed by atoms with Gasteiger partial charge in [0.2, 0.25) is 11.8 Å². The van der Waals surface area contributed by atoms with Crippen LogP contribution in [0.4, 0.5) is 0 Å². The first kappa shape index (κ1) is 15.0. The van der Waals surface area contributed by atoms with Crippen molar-refractivity contribution in [1.82, 2.24) is 10.2 Å². The Morgan fingerprint density at radius 1 is 1.29 bits per heavy atom. The van der Waals surface area contributed by atoms with Gasteiger partial charge in [-0.15, -0.1) is 0 Å². The minimum atomic E-state index is -1.05. The number of aliphatic carboxylic acids is 1. The van der Waals surface area contributed by atoms with Gasteiger partial charge in [-0.25, -0.2) is 4.79 Å². The van der Waals surface area contributed by atoms with Crippen LogP contribution in [0.1, 0.15) is 11.1 Å². The summed E-state index contributed by atoms with van der Waals surface area (Å²) >= 11 is 0. The molecule has 0 radical (unpaired) electrons. The smallest absolute Gasteiger partial charge is 0.326 e. The largest absolute Gasteiger partial charge is 0.480 e. The van der Waals surface area contributed by atoms with E-state index < -0.39 is 23.8 Å². The van der Waals surface area contributed by atoms with Crippen molar-refractivity contribution in [2.24, 2.45) is 5.73 Å². The zero-order valence-corrected chi connectivity index (χ0v) is 11.4. The van der Waals surface area contributed by atoms with E-state index in [2.05, 4.69) is 5.32 Å². The maximum absolute atomic E-state index is 12.2. The first-order valence-corrected chi connectivity index (χ1v) is 6.58. The van der Waals surface area contributed by atoms with Crippen LogP contribution in [-0.2, 0) is 27.3 Å². The molecule has 1 aromatic carbocycles. The predicted molar refractivity (Wildman–Crippen MR) is 74.2 cm³/mol. The molecule has 0 spiro atoms. The quantitative estimate of drug-likeness (QED) is 0.665. The number of rotatable bonds is 4. The molecular weight excluding hydrogens is 274 g/mol. The molecule has 0 fully saturated rings. The number of benzene rings is 1. The van der Waals surface area contributed by atoms with Crippen molar-refractivity contribution < 1.29 is 19.5 Å². The van der Waals surface area contributed by atoms with Gasteiger partial charge in [0.1, 0.15) is 6.04 Å². The van der Waals surface area contributed by atoms with Gasteiger partial charge in [-0.05, 0) is 11.1 Å². The molecule has 0 aromatic heterocycles. The predicted octanol–water partition coefficient (Wildman–Crippen LogP) is -0.901. The Bertz CT molecular complexity index is 573. The molecule has 0 aliphatic carbocycles. The van der Waals surface area contributed by atoms with Gasteiger partial charge in [0.15, 0.2) is 0 Å². The maximum atomic E-state index is 12.2. The van der Waals surface area contributed by atoms with Crippen molar-refractivity contribution >= 4 is 17.8 Å². The molecule has 0 saturated carbocycles. The number of fused-ring (bicyclic) bond motifs is 1. The molecule has 2 rings (SSSR count). The fraction of sp³-hybridized carbons (Fsp3) is 0.357. The number of hydrogen-bond acceptors (Lipinski definition) is 4. The van der Waals surface area contributed by atoms with Crippen molar-refractivity contribution in [1.29, 1.82) is 0 Å². The van der Waals surface area contributed by atoms with Crippen molar-refractivity contribution in [3.05, 3.63) is 35.4 Å². The second-order valence-electron chi connectivity index (χ2n) is 4.83. The highest BCUT2D eigenvalue weighted by atomic mass is 16.4. The van der Waals surface area contributed by atoms with E-state index in [1.165, 1.54) is 4.90 Å². The molecule has 1 aliphatic heterocycles. The summed E-state index contributed by atoms with van der Waals surface area (Å²) in [6.07, 6.45) is 0.266. The molecule has 4 N–H and O–H groups in total. The number of nitrogens with zero attached hydrogens (tertiary/aromatic N) is 1. The first-order valence-electron chi connectivity index (χ1n) is 6.58. The number of nitrogens with two attached hydrogens (primary N) is 1. The topological polar surface area (TPSA) is 113 Å². The van der Waals surface area contributed by atoms with Crippen molar-refractivity contribution in [2.45, 2.75) is 19.0 Å². The third-order valence-corrected chi connectivity index (χ3v) is 3.48. The highest BCUT2D eigenvalue weighted by molar-refractivity contribution is 5.88. The van der Waals surface area contributed by atoms with E-state index >= 15 is 0 Å². The van der Waals surface area contributed by atoms with Crippen LogP contribution >= 0.6 is 0 Å². The minimum absolute atomic E-state index is 0.210. The number of carbonyl (C=O) groups is 3. The van der Waals surface area contributed by atoms with E-state index in [1.807, 2.05) is 24.3 Å². The monoisotopic (exact) mass is 291 g/mol. The Kier molecular flexibility index (Phi) is 4.54. The first-order chi connectivity index (χ1) is 10.0. The van der Waals surface area contributed by atoms with E-state index in [-0.39, 0.29) is 26.1 Å². The van der Waals surface area contributed by atoms with Gasteiger partial charge in [-0.1, -0.05) is 24.3 Å². The molecule has 112 valence electrons. The summed E-state index contributed by atoms with van der Waals surface area (Å²) in [5.74, 6) is -1.94. The standard InChI is InChI=1S/C14H17N3O4/c15-6-12(18)16-7-13(19)17-8-10-4-2-1-3-9(10)5-11(17)14(20)21/h1-4,11H,5-8,15H2,(H,16,18)(H,20,21). The lowest BCUT2D eigenvalue weighted by Crippen LogP contribution is -2.51. The lowest BCUT2D eigenvalue weighted by molar-refractivity contribution is -0.151. The number of nitrogens with one attached hydrogen (secondary N) is 1. The Labute approximate surface area is 121 Å². The van der Waals surface area contributed by atoms with Crippen LogP contribution in [0.25, 0.3) is 0 Å². The number of carbonyl (C=O) groups excluding carboxylic acids is 2. The van der Waals surface area contributed by atoms with E-state index in [1.54, 1.807) is 0 Å². The second-order valence-corrected chi connectivity index (χ2v) is 4.83. The Hall–Kier alpha value is -2.41. The molecule has 2 amide bonds. The lowest BCUT2D eigenvalue weighted by atomic mass is 9.94. The molecule has 21 heavy (non-hydrogen) atoms. The summed E-state index contributed by atoms with van der Waals surface area (Å²) in [7, 11) is 0. The Morgan fingerprint density at radius 3 is 2.57 bits per heavy atom. The third-order valence-electron chi connectivity index (χ3n) is 3.48. The van der Waals surface area contributed by atoms with Crippen molar-refractivity contribution in [3.8, 4) is 0 Å². The summed E-state index contributed by atoms with van der Waals surface area (Å²) in [5.41, 5.74) is 7.00. The van der Waals surface area contributed by atoms with Crippen molar-refractivity contribution in [3.63, 3.8) is 0 Å². The number of hydrogen-bond donors (Lipinski definition) is 3. The molecule has 0 saturated heterocycles. The summed E-state index contributed by atoms with van der Waals surface area (Å²) < 4.78 is 0. The van der Waals surface area contributed by atoms with Crippen LogP contribution in [0.3, 0.4) is 0 Å². The molecule has 7 nitrogen and oxygen atoms in total. The summed E-state index contributed by atoms with van der Waals surface area (Å²) in [6, 6.07) is 6.51. The third kappa shape index (κ3) is 3.38. The summed E-state index contributed by atoms with van der Waals surface area (Å²) in [4.78, 5) is 35.9. The fourth-order valence-electron chi connectivity index (χ4n) is 2.35. The molecule has 7 heteroatoms. The van der Waals surface area contributed by atoms with Gasteiger partial charge < -0.3 is 21.1 Å². The Balaban J connectivity index is 2.14. The van der Waals surface area contributed by atoms with Crippen LogP contribution < -0.4 is 11.1 Å². The number of carboxylic acids is 1. The number of carboxylic acid groups (broad SMARTS) is 1. The van der Waals surface area contributed by atoms with Gasteiger partial charge in [0.05, 0.1) is 13.1 Å². The SMILES string of the molecule is NCC(=O)NCC(=O)N1Cc2ccccc2CC1C(=O)O. The zero-order chi connectivity index (χ0) is 15.4. The summed E-state index contributed by atoms with van der Waals surface area (Å²) in [6.45, 7) is -0.231. The molecule has 1 atom stereocenters. The highest BCUT2D eigenvalue weighted by Crippen LogP contribution is 2.23. The van der Waals surface area contributed by atoms with Crippen LogP contribution in [0.2, 0.25) is 0 Å². The van der Waals surface area contributed by atoms with Gasteiger partial charge in [-0.2, -0.15) is 0 Å². The van der Waals surface area contributed by atoms with Gasteiger partial charge in [0.25, 0.3) is 0 Å². The normalized spacial score (nSPS) is 17.0. The van der Waals surface area contributed by atoms with Gasteiger partial charge >= 0.3 is 5.97 Å². The molecule has 0 bridgehead atoms. The van der Waals surface area contributed by atoms with Crippen LogP contribution in [-0.4, -0.2) is 46.9 Å². The van der Waals surface area contributed by atoms with Crippen LogP contribution in [0, 0.1) is 0 Å².